The number of nitrogens with zero attached hydrogens (tertiary/aromatic N) is 2. The van der Waals surface area contributed by atoms with Crippen LogP contribution < -0.4 is 4.90 Å². The van der Waals surface area contributed by atoms with Crippen LogP contribution in [-0.2, 0) is 0 Å². The molecule has 1 aromatic rings. The van der Waals surface area contributed by atoms with E-state index in [-0.39, 0.29) is 5.54 Å². The molecular formula is C17H22N2. The summed E-state index contributed by atoms with van der Waals surface area (Å²) in [7, 11) is 0. The van der Waals surface area contributed by atoms with Gasteiger partial charge >= 0.3 is 0 Å². The maximum absolute atomic E-state index is 9.05. The molecule has 2 nitrogen and oxygen atoms in total. The predicted molar refractivity (Wildman–Crippen MR) is 81.1 cm³/mol. The summed E-state index contributed by atoms with van der Waals surface area (Å²) in [5.74, 6) is 0. The number of rotatable bonds is 3. The quantitative estimate of drug-likeness (QED) is 0.801. The highest BCUT2D eigenvalue weighted by Crippen LogP contribution is 2.39. The van der Waals surface area contributed by atoms with Crippen molar-refractivity contribution in [1.29, 1.82) is 5.26 Å². The largest absolute Gasteiger partial charge is 0.362 e. The monoisotopic (exact) mass is 254 g/mol. The lowest BCUT2D eigenvalue weighted by Gasteiger charge is -2.43. The van der Waals surface area contributed by atoms with Gasteiger partial charge in [0.25, 0.3) is 0 Å². The van der Waals surface area contributed by atoms with Gasteiger partial charge in [-0.15, -0.1) is 0 Å². The number of unbranched alkanes of at least 4 members (excludes halogenated alkanes) is 1. The number of anilines is 1. The lowest BCUT2D eigenvalue weighted by atomic mass is 9.88. The zero-order valence-electron chi connectivity index (χ0n) is 12.3. The van der Waals surface area contributed by atoms with Gasteiger partial charge in [0.15, 0.2) is 0 Å². The Labute approximate surface area is 116 Å². The fraction of sp³-hybridized carbons (Fsp3) is 0.471. The maximum atomic E-state index is 9.05. The van der Waals surface area contributed by atoms with Crippen LogP contribution in [0.2, 0.25) is 0 Å². The topological polar surface area (TPSA) is 27.0 Å². The van der Waals surface area contributed by atoms with E-state index in [4.69, 9.17) is 5.26 Å². The van der Waals surface area contributed by atoms with Crippen molar-refractivity contribution in [2.24, 2.45) is 0 Å². The van der Waals surface area contributed by atoms with E-state index in [1.54, 1.807) is 0 Å². The van der Waals surface area contributed by atoms with Gasteiger partial charge < -0.3 is 4.90 Å². The van der Waals surface area contributed by atoms with Crippen LogP contribution in [0.25, 0.3) is 5.57 Å². The van der Waals surface area contributed by atoms with Crippen molar-refractivity contribution < 1.29 is 0 Å². The number of allylic oxidation sites excluding steroid dienone is 1. The van der Waals surface area contributed by atoms with Crippen molar-refractivity contribution in [1.82, 2.24) is 0 Å². The molecule has 0 saturated heterocycles. The summed E-state index contributed by atoms with van der Waals surface area (Å²) in [5, 5.41) is 9.05. The third kappa shape index (κ3) is 2.51. The second kappa shape index (κ2) is 5.09. The van der Waals surface area contributed by atoms with Gasteiger partial charge in [-0.1, -0.05) is 19.4 Å². The number of nitriles is 1. The zero-order valence-corrected chi connectivity index (χ0v) is 12.3. The first-order chi connectivity index (χ1) is 8.99. The van der Waals surface area contributed by atoms with E-state index in [9.17, 15) is 0 Å². The first kappa shape index (κ1) is 13.7. The molecule has 0 N–H and O–H groups in total. The van der Waals surface area contributed by atoms with E-state index in [2.05, 4.69) is 50.8 Å². The van der Waals surface area contributed by atoms with Crippen LogP contribution in [0, 0.1) is 11.3 Å². The molecule has 0 bridgehead atoms. The molecular weight excluding hydrogens is 232 g/mol. The molecule has 0 atom stereocenters. The number of benzene rings is 1. The normalized spacial score (nSPS) is 16.6. The Morgan fingerprint density at radius 3 is 2.68 bits per heavy atom. The Morgan fingerprint density at radius 1 is 1.32 bits per heavy atom. The van der Waals surface area contributed by atoms with Gasteiger partial charge in [0.2, 0.25) is 0 Å². The Morgan fingerprint density at radius 2 is 2.05 bits per heavy atom. The third-order valence-corrected chi connectivity index (χ3v) is 3.84. The van der Waals surface area contributed by atoms with Gasteiger partial charge in [0, 0.05) is 17.8 Å². The van der Waals surface area contributed by atoms with Crippen LogP contribution in [0.5, 0.6) is 0 Å². The highest BCUT2D eigenvalue weighted by atomic mass is 15.2. The molecule has 19 heavy (non-hydrogen) atoms. The van der Waals surface area contributed by atoms with Gasteiger partial charge in [-0.3, -0.25) is 0 Å². The summed E-state index contributed by atoms with van der Waals surface area (Å²) in [6, 6.07) is 8.26. The zero-order chi connectivity index (χ0) is 14.0. The second-order valence-corrected chi connectivity index (χ2v) is 5.83. The minimum atomic E-state index is 0.0421. The highest BCUT2D eigenvalue weighted by Gasteiger charge is 2.30. The van der Waals surface area contributed by atoms with Gasteiger partial charge in [-0.25, -0.2) is 0 Å². The van der Waals surface area contributed by atoms with E-state index in [0.717, 1.165) is 12.1 Å². The van der Waals surface area contributed by atoms with Gasteiger partial charge in [-0.05, 0) is 51.0 Å². The van der Waals surface area contributed by atoms with E-state index < -0.39 is 0 Å². The van der Waals surface area contributed by atoms with E-state index in [1.165, 1.54) is 29.7 Å². The van der Waals surface area contributed by atoms with Gasteiger partial charge in [0.1, 0.15) is 0 Å². The van der Waals surface area contributed by atoms with Crippen LogP contribution in [0.1, 0.15) is 51.7 Å². The third-order valence-electron chi connectivity index (χ3n) is 3.84. The van der Waals surface area contributed by atoms with Crippen LogP contribution in [0.4, 0.5) is 5.69 Å². The summed E-state index contributed by atoms with van der Waals surface area (Å²) in [5.41, 5.74) is 4.51. The second-order valence-electron chi connectivity index (χ2n) is 5.83. The molecule has 0 fully saturated rings. The smallest absolute Gasteiger partial charge is 0.0991 e. The maximum Gasteiger partial charge on any atom is 0.0991 e. The fourth-order valence-electron chi connectivity index (χ4n) is 2.88. The Hall–Kier alpha value is -1.75. The number of fused-ring (bicyclic) bond motifs is 1. The molecule has 0 radical (unpaired) electrons. The summed E-state index contributed by atoms with van der Waals surface area (Å²) < 4.78 is 0. The van der Waals surface area contributed by atoms with Crippen LogP contribution in [0.3, 0.4) is 0 Å². The highest BCUT2D eigenvalue weighted by molar-refractivity contribution is 5.81. The summed E-state index contributed by atoms with van der Waals surface area (Å²) in [6.45, 7) is 9.93. The summed E-state index contributed by atoms with van der Waals surface area (Å²) in [4.78, 5) is 2.46. The average molecular weight is 254 g/mol. The molecule has 1 aromatic carbocycles. The number of hydrogen-bond donors (Lipinski definition) is 0. The number of hydrogen-bond acceptors (Lipinski definition) is 2. The molecule has 100 valence electrons. The first-order valence-electron chi connectivity index (χ1n) is 7.01. The first-order valence-corrected chi connectivity index (χ1v) is 7.01. The predicted octanol–water partition coefficient (Wildman–Crippen LogP) is 4.36. The summed E-state index contributed by atoms with van der Waals surface area (Å²) >= 11 is 0. The van der Waals surface area contributed by atoms with Gasteiger partial charge in [0.05, 0.1) is 17.2 Å². The molecule has 0 aliphatic carbocycles. The average Bonchev–Trinajstić information content (AvgIpc) is 2.37. The van der Waals surface area contributed by atoms with E-state index >= 15 is 0 Å². The standard InChI is InChI=1S/C17H22N2/c1-5-6-9-19-16-8-7-14(12-18)10-15(16)13(2)11-17(19,3)4/h7-8,10-11H,5-6,9H2,1-4H3. The van der Waals surface area contributed by atoms with Crippen molar-refractivity contribution in [3.8, 4) is 6.07 Å². The lowest BCUT2D eigenvalue weighted by Crippen LogP contribution is -2.45. The molecule has 0 unspecified atom stereocenters. The van der Waals surface area contributed by atoms with Crippen LogP contribution in [-0.4, -0.2) is 12.1 Å². The molecule has 0 aromatic heterocycles. The molecule has 0 saturated carbocycles. The van der Waals surface area contributed by atoms with Crippen molar-refractivity contribution in [2.45, 2.75) is 46.1 Å². The molecule has 2 rings (SSSR count). The Balaban J connectivity index is 2.50. The van der Waals surface area contributed by atoms with Crippen molar-refractivity contribution in [3.63, 3.8) is 0 Å². The molecule has 0 amide bonds. The minimum absolute atomic E-state index is 0.0421. The van der Waals surface area contributed by atoms with Crippen molar-refractivity contribution >= 4 is 11.3 Å². The minimum Gasteiger partial charge on any atom is -0.362 e. The van der Waals surface area contributed by atoms with Gasteiger partial charge in [-0.2, -0.15) is 5.26 Å². The summed E-state index contributed by atoms with van der Waals surface area (Å²) in [6.07, 6.45) is 4.70. The van der Waals surface area contributed by atoms with Crippen molar-refractivity contribution in [3.05, 3.63) is 35.4 Å². The molecule has 0 spiro atoms. The van der Waals surface area contributed by atoms with Crippen LogP contribution in [0.15, 0.2) is 24.3 Å². The van der Waals surface area contributed by atoms with Crippen LogP contribution >= 0.6 is 0 Å². The lowest BCUT2D eigenvalue weighted by molar-refractivity contribution is 0.540. The Bertz CT molecular complexity index is 547. The molecule has 1 aliphatic rings. The van der Waals surface area contributed by atoms with Crippen molar-refractivity contribution in [2.75, 3.05) is 11.4 Å². The molecule has 1 aliphatic heterocycles. The SMILES string of the molecule is CCCCN1c2ccc(C#N)cc2C(C)=CC1(C)C. The molecule has 1 heterocycles. The van der Waals surface area contributed by atoms with E-state index in [1.807, 2.05) is 12.1 Å². The van der Waals surface area contributed by atoms with E-state index in [0.29, 0.717) is 0 Å². The Kier molecular flexibility index (Phi) is 3.66. The fourth-order valence-corrected chi connectivity index (χ4v) is 2.88. The molecule has 2 heteroatoms.